The van der Waals surface area contributed by atoms with E-state index >= 15 is 0 Å². The van der Waals surface area contributed by atoms with Crippen molar-refractivity contribution in [2.24, 2.45) is 0 Å². The first kappa shape index (κ1) is 13.6. The number of furan rings is 1. The molecule has 0 aliphatic carbocycles. The van der Waals surface area contributed by atoms with E-state index in [9.17, 15) is 4.39 Å². The molecule has 0 radical (unpaired) electrons. The van der Waals surface area contributed by atoms with Gasteiger partial charge >= 0.3 is 0 Å². The van der Waals surface area contributed by atoms with Gasteiger partial charge in [0.2, 0.25) is 0 Å². The fraction of sp³-hybridized carbons (Fsp3) is 0.214. The summed E-state index contributed by atoms with van der Waals surface area (Å²) in [4.78, 5) is 1.74. The van der Waals surface area contributed by atoms with Crippen molar-refractivity contribution in [2.75, 3.05) is 11.9 Å². The molecule has 0 unspecified atom stereocenters. The predicted molar refractivity (Wildman–Crippen MR) is 74.4 cm³/mol. The van der Waals surface area contributed by atoms with Gasteiger partial charge in [-0.3, -0.25) is 0 Å². The molecule has 1 aromatic heterocycles. The highest BCUT2D eigenvalue weighted by molar-refractivity contribution is 9.10. The summed E-state index contributed by atoms with van der Waals surface area (Å²) in [5.41, 5.74) is 0.698. The van der Waals surface area contributed by atoms with Gasteiger partial charge in [-0.2, -0.15) is 5.26 Å². The van der Waals surface area contributed by atoms with Gasteiger partial charge in [-0.1, -0.05) is 0 Å². The first-order valence-electron chi connectivity index (χ1n) is 5.67. The van der Waals surface area contributed by atoms with Crippen molar-refractivity contribution in [3.05, 3.63) is 51.6 Å². The van der Waals surface area contributed by atoms with Crippen molar-refractivity contribution in [3.8, 4) is 6.07 Å². The van der Waals surface area contributed by atoms with E-state index in [2.05, 4.69) is 15.9 Å². The maximum Gasteiger partial charge on any atom is 0.161 e. The van der Waals surface area contributed by atoms with Crippen LogP contribution in [0.15, 0.2) is 33.2 Å². The Hall–Kier alpha value is -1.80. The molecule has 0 N–H and O–H groups in total. The van der Waals surface area contributed by atoms with Crippen LogP contribution in [-0.4, -0.2) is 7.05 Å². The molecular weight excluding hydrogens is 311 g/mol. The number of rotatable bonds is 3. The maximum atomic E-state index is 14.1. The van der Waals surface area contributed by atoms with Gasteiger partial charge < -0.3 is 9.32 Å². The fourth-order valence-electron chi connectivity index (χ4n) is 1.81. The lowest BCUT2D eigenvalue weighted by Crippen LogP contribution is -2.17. The van der Waals surface area contributed by atoms with Gasteiger partial charge in [0.05, 0.1) is 22.3 Å². The highest BCUT2D eigenvalue weighted by Gasteiger charge is 2.15. The van der Waals surface area contributed by atoms with Crippen LogP contribution in [0.4, 0.5) is 10.1 Å². The summed E-state index contributed by atoms with van der Waals surface area (Å²) >= 11 is 3.10. The standard InChI is InChI=1S/C14H12BrFN2O/c1-9-3-5-11(19-9)8-18(2)12-6-4-10(7-17)13(15)14(12)16/h3-6H,8H2,1-2H3. The minimum atomic E-state index is -0.440. The number of aryl methyl sites for hydroxylation is 1. The fourth-order valence-corrected chi connectivity index (χ4v) is 2.23. The molecule has 5 heteroatoms. The van der Waals surface area contributed by atoms with Crippen LogP contribution in [0.1, 0.15) is 17.1 Å². The number of nitriles is 1. The van der Waals surface area contributed by atoms with Crippen molar-refractivity contribution < 1.29 is 8.81 Å². The number of hydrogen-bond donors (Lipinski definition) is 0. The molecule has 0 bridgehead atoms. The van der Waals surface area contributed by atoms with Crippen LogP contribution in [-0.2, 0) is 6.54 Å². The third-order valence-corrected chi connectivity index (χ3v) is 3.56. The van der Waals surface area contributed by atoms with Crippen LogP contribution >= 0.6 is 15.9 Å². The van der Waals surface area contributed by atoms with Crippen molar-refractivity contribution in [3.63, 3.8) is 0 Å². The van der Waals surface area contributed by atoms with E-state index in [4.69, 9.17) is 9.68 Å². The topological polar surface area (TPSA) is 40.2 Å². The molecule has 1 aromatic carbocycles. The summed E-state index contributed by atoms with van der Waals surface area (Å²) in [6.45, 7) is 2.32. The molecule has 0 saturated heterocycles. The second kappa shape index (κ2) is 5.45. The van der Waals surface area contributed by atoms with Gasteiger partial charge in [-0.05, 0) is 47.1 Å². The van der Waals surface area contributed by atoms with Crippen molar-refractivity contribution in [2.45, 2.75) is 13.5 Å². The summed E-state index contributed by atoms with van der Waals surface area (Å²) in [6, 6.07) is 8.85. The third-order valence-electron chi connectivity index (χ3n) is 2.78. The highest BCUT2D eigenvalue weighted by atomic mass is 79.9. The molecule has 2 rings (SSSR count). The molecule has 3 nitrogen and oxygen atoms in total. The number of anilines is 1. The van der Waals surface area contributed by atoms with E-state index in [0.717, 1.165) is 11.5 Å². The van der Waals surface area contributed by atoms with E-state index in [1.807, 2.05) is 25.1 Å². The Morgan fingerprint density at radius 3 is 2.68 bits per heavy atom. The van der Waals surface area contributed by atoms with Crippen LogP contribution in [0, 0.1) is 24.1 Å². The first-order chi connectivity index (χ1) is 9.02. The Balaban J connectivity index is 2.27. The molecule has 0 saturated carbocycles. The summed E-state index contributed by atoms with van der Waals surface area (Å²) in [7, 11) is 1.77. The maximum absolute atomic E-state index is 14.1. The molecular formula is C14H12BrFN2O. The average Bonchev–Trinajstić information content (AvgIpc) is 2.78. The van der Waals surface area contributed by atoms with Crippen LogP contribution in [0.25, 0.3) is 0 Å². The first-order valence-corrected chi connectivity index (χ1v) is 6.46. The van der Waals surface area contributed by atoms with Crippen LogP contribution in [0.5, 0.6) is 0 Å². The smallest absolute Gasteiger partial charge is 0.161 e. The Labute approximate surface area is 119 Å². The summed E-state index contributed by atoms with van der Waals surface area (Å²) in [6.07, 6.45) is 0. The summed E-state index contributed by atoms with van der Waals surface area (Å²) in [5.74, 6) is 1.15. The minimum Gasteiger partial charge on any atom is -0.464 e. The zero-order valence-corrected chi connectivity index (χ0v) is 12.2. The summed E-state index contributed by atoms with van der Waals surface area (Å²) in [5, 5.41) is 8.84. The lowest BCUT2D eigenvalue weighted by Gasteiger charge is -2.19. The third kappa shape index (κ3) is 2.79. The van der Waals surface area contributed by atoms with E-state index in [0.29, 0.717) is 12.2 Å². The molecule has 0 atom stereocenters. The number of halogens is 2. The zero-order chi connectivity index (χ0) is 14.0. The monoisotopic (exact) mass is 322 g/mol. The Kier molecular flexibility index (Phi) is 3.91. The minimum absolute atomic E-state index is 0.190. The van der Waals surface area contributed by atoms with Gasteiger partial charge in [0, 0.05) is 7.05 Å². The van der Waals surface area contributed by atoms with Crippen LogP contribution < -0.4 is 4.90 Å². The van der Waals surface area contributed by atoms with E-state index in [1.165, 1.54) is 0 Å². The Morgan fingerprint density at radius 2 is 2.11 bits per heavy atom. The molecule has 0 aliphatic heterocycles. The lowest BCUT2D eigenvalue weighted by molar-refractivity contribution is 0.480. The van der Waals surface area contributed by atoms with Gasteiger partial charge in [0.15, 0.2) is 5.82 Å². The number of benzene rings is 1. The van der Waals surface area contributed by atoms with Crippen molar-refractivity contribution in [1.82, 2.24) is 0 Å². The van der Waals surface area contributed by atoms with E-state index < -0.39 is 5.82 Å². The largest absolute Gasteiger partial charge is 0.464 e. The van der Waals surface area contributed by atoms with E-state index in [1.54, 1.807) is 24.1 Å². The molecule has 98 valence electrons. The molecule has 0 aliphatic rings. The average molecular weight is 323 g/mol. The lowest BCUT2D eigenvalue weighted by atomic mass is 10.2. The molecule has 19 heavy (non-hydrogen) atoms. The Bertz CT molecular complexity index is 645. The molecule has 0 spiro atoms. The normalized spacial score (nSPS) is 10.3. The van der Waals surface area contributed by atoms with Crippen molar-refractivity contribution in [1.29, 1.82) is 5.26 Å². The van der Waals surface area contributed by atoms with Gasteiger partial charge in [-0.15, -0.1) is 0 Å². The molecule has 1 heterocycles. The zero-order valence-electron chi connectivity index (χ0n) is 10.6. The van der Waals surface area contributed by atoms with E-state index in [-0.39, 0.29) is 10.0 Å². The second-order valence-corrected chi connectivity index (χ2v) is 5.03. The molecule has 2 aromatic rings. The SMILES string of the molecule is Cc1ccc(CN(C)c2ccc(C#N)c(Br)c2F)o1. The van der Waals surface area contributed by atoms with Gasteiger partial charge in [-0.25, -0.2) is 4.39 Å². The van der Waals surface area contributed by atoms with Gasteiger partial charge in [0.1, 0.15) is 17.6 Å². The highest BCUT2D eigenvalue weighted by Crippen LogP contribution is 2.29. The quantitative estimate of drug-likeness (QED) is 0.857. The number of hydrogen-bond acceptors (Lipinski definition) is 3. The molecule has 0 fully saturated rings. The summed E-state index contributed by atoms with van der Waals surface area (Å²) < 4.78 is 19.8. The Morgan fingerprint density at radius 1 is 1.37 bits per heavy atom. The van der Waals surface area contributed by atoms with Gasteiger partial charge in [0.25, 0.3) is 0 Å². The predicted octanol–water partition coefficient (Wildman–Crippen LogP) is 4.00. The molecule has 0 amide bonds. The van der Waals surface area contributed by atoms with Crippen LogP contribution in [0.3, 0.4) is 0 Å². The second-order valence-electron chi connectivity index (χ2n) is 4.24. The van der Waals surface area contributed by atoms with Crippen molar-refractivity contribution >= 4 is 21.6 Å². The van der Waals surface area contributed by atoms with Crippen LogP contribution in [0.2, 0.25) is 0 Å². The number of nitrogens with zero attached hydrogens (tertiary/aromatic N) is 2.